The van der Waals surface area contributed by atoms with Crippen LogP contribution in [0.1, 0.15) is 37.8 Å². The monoisotopic (exact) mass is 444 g/mol. The first-order valence-electron chi connectivity index (χ1n) is 10.1. The second kappa shape index (κ2) is 8.87. The smallest absolute Gasteiger partial charge is 0.267 e. The highest BCUT2D eigenvalue weighted by atomic mass is 16.6. The van der Waals surface area contributed by atoms with Crippen LogP contribution in [0.2, 0.25) is 0 Å². The molecule has 33 heavy (non-hydrogen) atoms. The zero-order valence-corrected chi connectivity index (χ0v) is 17.9. The van der Waals surface area contributed by atoms with E-state index in [0.29, 0.717) is 29.0 Å². The van der Waals surface area contributed by atoms with Gasteiger partial charge in [-0.25, -0.2) is 4.98 Å². The molecular formula is C23H20N6O4. The average molecular weight is 444 g/mol. The van der Waals surface area contributed by atoms with Crippen LogP contribution < -0.4 is 10.9 Å². The third-order valence-electron chi connectivity index (χ3n) is 5.19. The number of carbonyl (C=O) groups excluding carboxylic acids is 2. The Kier molecular flexibility index (Phi) is 5.81. The summed E-state index contributed by atoms with van der Waals surface area (Å²) in [4.78, 5) is 39.8. The van der Waals surface area contributed by atoms with E-state index >= 15 is 0 Å². The summed E-state index contributed by atoms with van der Waals surface area (Å²) in [5, 5.41) is 16.3. The van der Waals surface area contributed by atoms with Gasteiger partial charge in [0.2, 0.25) is 0 Å². The fourth-order valence-electron chi connectivity index (χ4n) is 3.48. The summed E-state index contributed by atoms with van der Waals surface area (Å²) in [5.74, 6) is -1.02. The summed E-state index contributed by atoms with van der Waals surface area (Å²) >= 11 is 0. The Morgan fingerprint density at radius 1 is 0.970 bits per heavy atom. The number of nitrogens with zero attached hydrogens (tertiary/aromatic N) is 4. The highest BCUT2D eigenvalue weighted by molar-refractivity contribution is 5.99. The minimum Gasteiger partial charge on any atom is -0.267 e. The van der Waals surface area contributed by atoms with Gasteiger partial charge in [0, 0.05) is 10.9 Å². The van der Waals surface area contributed by atoms with Crippen molar-refractivity contribution in [2.24, 2.45) is 0 Å². The second-order valence-corrected chi connectivity index (χ2v) is 7.43. The van der Waals surface area contributed by atoms with E-state index in [1.165, 1.54) is 0 Å². The molecule has 2 N–H and O–H groups in total. The first-order chi connectivity index (χ1) is 15.8. The van der Waals surface area contributed by atoms with Crippen molar-refractivity contribution in [2.75, 3.05) is 0 Å². The van der Waals surface area contributed by atoms with Gasteiger partial charge in [-0.05, 0) is 43.7 Å². The van der Waals surface area contributed by atoms with Crippen LogP contribution in [-0.2, 0) is 6.54 Å². The summed E-state index contributed by atoms with van der Waals surface area (Å²) in [6.45, 7) is 3.57. The molecule has 2 aromatic heterocycles. The molecule has 0 bridgehead atoms. The Balaban J connectivity index is 1.38. The van der Waals surface area contributed by atoms with Crippen molar-refractivity contribution in [3.63, 3.8) is 0 Å². The Labute approximate surface area is 188 Å². The number of hydrogen-bond acceptors (Lipinski definition) is 6. The van der Waals surface area contributed by atoms with Crippen LogP contribution in [-0.4, -0.2) is 31.5 Å². The number of hydrazine groups is 1. The van der Waals surface area contributed by atoms with Crippen LogP contribution in [0, 0.1) is 24.0 Å². The van der Waals surface area contributed by atoms with Gasteiger partial charge in [-0.1, -0.05) is 36.4 Å². The summed E-state index contributed by atoms with van der Waals surface area (Å²) in [6.07, 6.45) is 0. The van der Waals surface area contributed by atoms with Gasteiger partial charge in [-0.3, -0.25) is 35.2 Å². The maximum atomic E-state index is 12.4. The van der Waals surface area contributed by atoms with Gasteiger partial charge in [0.15, 0.2) is 0 Å². The zero-order chi connectivity index (χ0) is 23.5. The molecule has 0 saturated carbocycles. The molecule has 4 rings (SSSR count). The number of aryl methyl sites for hydroxylation is 1. The lowest BCUT2D eigenvalue weighted by Crippen LogP contribution is -2.41. The molecule has 2 amide bonds. The van der Waals surface area contributed by atoms with E-state index in [1.54, 1.807) is 61.0 Å². The zero-order valence-electron chi connectivity index (χ0n) is 17.9. The van der Waals surface area contributed by atoms with Gasteiger partial charge in [0.1, 0.15) is 17.1 Å². The number of benzene rings is 2. The lowest BCUT2D eigenvalue weighted by atomic mass is 10.1. The predicted octanol–water partition coefficient (Wildman–Crippen LogP) is 3.08. The summed E-state index contributed by atoms with van der Waals surface area (Å²) < 4.78 is 1.55. The molecule has 0 aliphatic heterocycles. The number of nitrogens with one attached hydrogen (secondary N) is 2. The predicted molar refractivity (Wildman–Crippen MR) is 121 cm³/mol. The van der Waals surface area contributed by atoms with E-state index in [9.17, 15) is 19.7 Å². The molecule has 0 fully saturated rings. The van der Waals surface area contributed by atoms with Crippen LogP contribution >= 0.6 is 0 Å². The topological polar surface area (TPSA) is 132 Å². The van der Waals surface area contributed by atoms with Gasteiger partial charge >= 0.3 is 5.69 Å². The van der Waals surface area contributed by atoms with Gasteiger partial charge in [-0.15, -0.1) is 0 Å². The van der Waals surface area contributed by atoms with E-state index in [1.807, 2.05) is 18.2 Å². The van der Waals surface area contributed by atoms with Gasteiger partial charge in [-0.2, -0.15) is 5.10 Å². The summed E-state index contributed by atoms with van der Waals surface area (Å²) in [6, 6.07) is 17.4. The average Bonchev–Trinajstić information content (AvgIpc) is 3.10. The number of rotatable bonds is 5. The normalized spacial score (nSPS) is 10.7. The Bertz CT molecular complexity index is 1380. The third-order valence-corrected chi connectivity index (χ3v) is 5.19. The minimum absolute atomic E-state index is 0.00245. The number of hydrogen-bond donors (Lipinski definition) is 2. The van der Waals surface area contributed by atoms with Gasteiger partial charge < -0.3 is 0 Å². The second-order valence-electron chi connectivity index (χ2n) is 7.43. The van der Waals surface area contributed by atoms with Crippen LogP contribution in [0.4, 0.5) is 5.69 Å². The number of aromatic nitrogens is 3. The van der Waals surface area contributed by atoms with E-state index < -0.39 is 16.7 Å². The van der Waals surface area contributed by atoms with Crippen LogP contribution in [0.25, 0.3) is 10.9 Å². The van der Waals surface area contributed by atoms with E-state index in [0.717, 1.165) is 10.9 Å². The van der Waals surface area contributed by atoms with E-state index in [4.69, 9.17) is 0 Å². The standard InChI is InChI=1S/C23H20N6O4/c1-14-21(29(32)33)15(2)28(27-14)13-16-7-9-18(10-8-16)22(30)25-26-23(31)20-12-11-17-5-3-4-6-19(17)24-20/h3-12H,13H2,1-2H3,(H,25,30)(H,26,31). The van der Waals surface area contributed by atoms with Gasteiger partial charge in [0.25, 0.3) is 11.8 Å². The maximum absolute atomic E-state index is 12.4. The Morgan fingerprint density at radius 3 is 2.36 bits per heavy atom. The number of para-hydroxylation sites is 1. The lowest BCUT2D eigenvalue weighted by Gasteiger charge is -2.09. The fraction of sp³-hybridized carbons (Fsp3) is 0.130. The van der Waals surface area contributed by atoms with Crippen molar-refractivity contribution in [3.05, 3.63) is 99.0 Å². The quantitative estimate of drug-likeness (QED) is 0.359. The molecule has 0 spiro atoms. The molecule has 2 aromatic carbocycles. The van der Waals surface area contributed by atoms with Gasteiger partial charge in [0.05, 0.1) is 17.0 Å². The molecule has 166 valence electrons. The molecule has 0 saturated heterocycles. The number of carbonyl (C=O) groups is 2. The van der Waals surface area contributed by atoms with E-state index in [2.05, 4.69) is 20.9 Å². The molecule has 0 radical (unpaired) electrons. The summed E-state index contributed by atoms with van der Waals surface area (Å²) in [7, 11) is 0. The number of amides is 2. The molecular weight excluding hydrogens is 424 g/mol. The minimum atomic E-state index is -0.531. The number of fused-ring (bicyclic) bond motifs is 1. The molecule has 0 unspecified atom stereocenters. The molecule has 0 aliphatic rings. The highest BCUT2D eigenvalue weighted by Gasteiger charge is 2.21. The Hall–Kier alpha value is -4.60. The SMILES string of the molecule is Cc1nn(Cc2ccc(C(=O)NNC(=O)c3ccc4ccccc4n3)cc2)c(C)c1[N+](=O)[O-]. The number of nitro groups is 1. The third kappa shape index (κ3) is 4.54. The van der Waals surface area contributed by atoms with Crippen molar-refractivity contribution < 1.29 is 14.5 Å². The molecule has 0 atom stereocenters. The maximum Gasteiger partial charge on any atom is 0.312 e. The van der Waals surface area contributed by atoms with Crippen molar-refractivity contribution in [3.8, 4) is 0 Å². The molecule has 10 heteroatoms. The van der Waals surface area contributed by atoms with Crippen LogP contribution in [0.15, 0.2) is 60.7 Å². The van der Waals surface area contributed by atoms with E-state index in [-0.39, 0.29) is 11.4 Å². The van der Waals surface area contributed by atoms with Crippen LogP contribution in [0.3, 0.4) is 0 Å². The van der Waals surface area contributed by atoms with Crippen molar-refractivity contribution in [2.45, 2.75) is 20.4 Å². The molecule has 2 heterocycles. The molecule has 10 nitrogen and oxygen atoms in total. The fourth-order valence-corrected chi connectivity index (χ4v) is 3.48. The summed E-state index contributed by atoms with van der Waals surface area (Å²) in [5.41, 5.74) is 7.58. The van der Waals surface area contributed by atoms with Crippen molar-refractivity contribution >= 4 is 28.4 Å². The van der Waals surface area contributed by atoms with Crippen LogP contribution in [0.5, 0.6) is 0 Å². The largest absolute Gasteiger partial charge is 0.312 e. The first kappa shape index (κ1) is 21.6. The highest BCUT2D eigenvalue weighted by Crippen LogP contribution is 2.22. The Morgan fingerprint density at radius 2 is 1.67 bits per heavy atom. The molecule has 0 aliphatic carbocycles. The first-order valence-corrected chi connectivity index (χ1v) is 10.1. The van der Waals surface area contributed by atoms with Crippen molar-refractivity contribution in [1.29, 1.82) is 0 Å². The lowest BCUT2D eigenvalue weighted by molar-refractivity contribution is -0.386. The van der Waals surface area contributed by atoms with Crippen molar-refractivity contribution in [1.82, 2.24) is 25.6 Å². The number of pyridine rings is 1. The molecule has 4 aromatic rings.